The van der Waals surface area contributed by atoms with Crippen molar-refractivity contribution >= 4 is 51.7 Å². The van der Waals surface area contributed by atoms with E-state index in [0.717, 1.165) is 0 Å². The highest BCUT2D eigenvalue weighted by Gasteiger charge is 2.09. The first kappa shape index (κ1) is 11.6. The van der Waals surface area contributed by atoms with Crippen LogP contribution in [0.3, 0.4) is 0 Å². The van der Waals surface area contributed by atoms with Gasteiger partial charge in [-0.2, -0.15) is 0 Å². The molecule has 0 aromatic heterocycles. The van der Waals surface area contributed by atoms with Crippen molar-refractivity contribution < 1.29 is 4.79 Å². The van der Waals surface area contributed by atoms with E-state index < -0.39 is 5.91 Å². The first-order chi connectivity index (χ1) is 6.56. The van der Waals surface area contributed by atoms with Crippen LogP contribution in [0.25, 0.3) is 10.4 Å². The molecule has 0 saturated carbocycles. The third kappa shape index (κ3) is 2.51. The van der Waals surface area contributed by atoms with E-state index >= 15 is 0 Å². The van der Waals surface area contributed by atoms with E-state index in [1.807, 2.05) is 22.6 Å². The van der Waals surface area contributed by atoms with Gasteiger partial charge in [0.25, 0.3) is 0 Å². The lowest BCUT2D eigenvalue weighted by molar-refractivity contribution is 0.100. The summed E-state index contributed by atoms with van der Waals surface area (Å²) in [5.74, 6) is -0.701. The van der Waals surface area contributed by atoms with Crippen molar-refractivity contribution in [2.24, 2.45) is 5.11 Å². The van der Waals surface area contributed by atoms with Gasteiger partial charge in [0, 0.05) is 10.5 Å². The van der Waals surface area contributed by atoms with Crippen LogP contribution in [0.15, 0.2) is 17.2 Å². The summed E-state index contributed by atoms with van der Waals surface area (Å²) in [4.78, 5) is 13.5. The van der Waals surface area contributed by atoms with Crippen LogP contribution >= 0.6 is 45.8 Å². The van der Waals surface area contributed by atoms with Crippen molar-refractivity contribution in [2.45, 2.75) is 0 Å². The van der Waals surface area contributed by atoms with Gasteiger partial charge in [-0.25, -0.2) is 0 Å². The van der Waals surface area contributed by atoms with Gasteiger partial charge in [-0.15, -0.1) is 0 Å². The second-order valence-electron chi connectivity index (χ2n) is 2.25. The summed E-state index contributed by atoms with van der Waals surface area (Å²) in [6, 6.07) is 2.82. The summed E-state index contributed by atoms with van der Waals surface area (Å²) in [6.45, 7) is 0. The Hall–Kier alpha value is -0.490. The molecule has 0 saturated heterocycles. The first-order valence-corrected chi connectivity index (χ1v) is 5.13. The predicted molar refractivity (Wildman–Crippen MR) is 62.7 cm³/mol. The van der Waals surface area contributed by atoms with Crippen LogP contribution in [-0.4, -0.2) is 5.91 Å². The third-order valence-corrected chi connectivity index (χ3v) is 3.76. The Morgan fingerprint density at radius 3 is 2.36 bits per heavy atom. The molecule has 0 atom stereocenters. The van der Waals surface area contributed by atoms with Gasteiger partial charge in [-0.3, -0.25) is 4.79 Å². The van der Waals surface area contributed by atoms with E-state index in [-0.39, 0.29) is 5.56 Å². The molecule has 0 aliphatic rings. The lowest BCUT2D eigenvalue weighted by Gasteiger charge is -2.01. The maximum absolute atomic E-state index is 11.1. The van der Waals surface area contributed by atoms with Crippen molar-refractivity contribution in [2.75, 3.05) is 0 Å². The molecule has 14 heavy (non-hydrogen) atoms. The normalized spacial score (nSPS) is 9.36. The molecule has 72 valence electrons. The van der Waals surface area contributed by atoms with Gasteiger partial charge in [0.2, 0.25) is 5.91 Å². The van der Waals surface area contributed by atoms with E-state index in [9.17, 15) is 4.79 Å². The molecule has 0 fully saturated rings. The van der Waals surface area contributed by atoms with Crippen LogP contribution < -0.4 is 0 Å². The Balaban J connectivity index is 3.25. The average Bonchev–Trinajstić information content (AvgIpc) is 2.13. The molecule has 1 rings (SSSR count). The minimum Gasteiger partial charge on any atom is -0.287 e. The molecule has 1 aromatic carbocycles. The van der Waals surface area contributed by atoms with Gasteiger partial charge < -0.3 is 0 Å². The second-order valence-corrected chi connectivity index (χ2v) is 4.14. The molecular formula is C7H2Cl2IN3O. The van der Waals surface area contributed by atoms with Crippen molar-refractivity contribution in [1.29, 1.82) is 0 Å². The summed E-state index contributed by atoms with van der Waals surface area (Å²) < 4.78 is 0.656. The van der Waals surface area contributed by atoms with Gasteiger partial charge in [0.05, 0.1) is 13.6 Å². The molecule has 0 N–H and O–H groups in total. The van der Waals surface area contributed by atoms with Crippen molar-refractivity contribution in [3.63, 3.8) is 0 Å². The van der Waals surface area contributed by atoms with Gasteiger partial charge in [-0.1, -0.05) is 23.2 Å². The van der Waals surface area contributed by atoms with Crippen LogP contribution in [0, 0.1) is 3.57 Å². The number of benzene rings is 1. The topological polar surface area (TPSA) is 65.8 Å². The Bertz CT molecular complexity index is 420. The van der Waals surface area contributed by atoms with Crippen molar-refractivity contribution in [3.05, 3.63) is 41.8 Å². The number of hydrogen-bond donors (Lipinski definition) is 0. The highest BCUT2D eigenvalue weighted by molar-refractivity contribution is 14.1. The Morgan fingerprint density at radius 2 is 1.93 bits per heavy atom. The standard InChI is InChI=1S/C7H2Cl2IN3O/c8-4-1-3(7(14)12-13-11)2-5(9)6(4)10/h1-2H. The van der Waals surface area contributed by atoms with Crippen molar-refractivity contribution in [1.82, 2.24) is 0 Å². The van der Waals surface area contributed by atoms with Crippen LogP contribution in [0.5, 0.6) is 0 Å². The zero-order chi connectivity index (χ0) is 10.7. The molecule has 0 radical (unpaired) electrons. The molecule has 0 unspecified atom stereocenters. The molecule has 0 spiro atoms. The molecular weight excluding hydrogens is 340 g/mol. The summed E-state index contributed by atoms with van der Waals surface area (Å²) in [5, 5.41) is 3.64. The number of rotatable bonds is 1. The van der Waals surface area contributed by atoms with E-state index in [1.54, 1.807) is 0 Å². The van der Waals surface area contributed by atoms with Crippen molar-refractivity contribution in [3.8, 4) is 0 Å². The second kappa shape index (κ2) is 4.84. The van der Waals surface area contributed by atoms with Crippen LogP contribution in [0.1, 0.15) is 10.4 Å². The highest BCUT2D eigenvalue weighted by Crippen LogP contribution is 2.28. The lowest BCUT2D eigenvalue weighted by atomic mass is 10.2. The summed E-state index contributed by atoms with van der Waals surface area (Å²) >= 11 is 13.5. The number of amides is 1. The molecule has 0 aliphatic carbocycles. The Labute approximate surface area is 103 Å². The van der Waals surface area contributed by atoms with Crippen LogP contribution in [0.4, 0.5) is 0 Å². The number of halogens is 3. The largest absolute Gasteiger partial charge is 0.287 e. The molecule has 0 heterocycles. The minimum absolute atomic E-state index is 0.179. The van der Waals surface area contributed by atoms with Gasteiger partial charge >= 0.3 is 0 Å². The minimum atomic E-state index is -0.701. The Kier molecular flexibility index (Phi) is 4.00. The van der Waals surface area contributed by atoms with E-state index in [0.29, 0.717) is 13.6 Å². The lowest BCUT2D eigenvalue weighted by Crippen LogP contribution is -1.94. The van der Waals surface area contributed by atoms with Crippen LogP contribution in [0.2, 0.25) is 10.0 Å². The smallest absolute Gasteiger partial charge is 0.249 e. The molecule has 0 aliphatic heterocycles. The molecule has 1 amide bonds. The predicted octanol–water partition coefficient (Wildman–Crippen LogP) is 4.05. The Morgan fingerprint density at radius 1 is 1.43 bits per heavy atom. The first-order valence-electron chi connectivity index (χ1n) is 3.30. The maximum atomic E-state index is 11.1. The van der Waals surface area contributed by atoms with E-state index in [1.165, 1.54) is 12.1 Å². The fourth-order valence-corrected chi connectivity index (χ4v) is 1.58. The van der Waals surface area contributed by atoms with Gasteiger partial charge in [0.1, 0.15) is 0 Å². The molecule has 0 bridgehead atoms. The summed E-state index contributed by atoms with van der Waals surface area (Å²) in [5.41, 5.74) is 8.24. The van der Waals surface area contributed by atoms with E-state index in [2.05, 4.69) is 10.0 Å². The monoisotopic (exact) mass is 341 g/mol. The van der Waals surface area contributed by atoms with Crippen LogP contribution in [-0.2, 0) is 0 Å². The number of hydrogen-bond acceptors (Lipinski definition) is 1. The number of carbonyl (C=O) groups excluding carboxylic acids is 1. The third-order valence-electron chi connectivity index (χ3n) is 1.37. The fourth-order valence-electron chi connectivity index (χ4n) is 0.777. The van der Waals surface area contributed by atoms with Gasteiger partial charge in [-0.05, 0) is 45.4 Å². The SMILES string of the molecule is [N-]=[N+]=NC(=O)c1cc(Cl)c(I)c(Cl)c1. The number of nitrogens with zero attached hydrogens (tertiary/aromatic N) is 3. The summed E-state index contributed by atoms with van der Waals surface area (Å²) in [7, 11) is 0. The zero-order valence-corrected chi connectivity index (χ0v) is 10.2. The average molecular weight is 342 g/mol. The van der Waals surface area contributed by atoms with Gasteiger partial charge in [0.15, 0.2) is 0 Å². The fraction of sp³-hybridized carbons (Fsp3) is 0. The quantitative estimate of drug-likeness (QED) is 0.250. The maximum Gasteiger partial charge on any atom is 0.249 e. The molecule has 1 aromatic rings. The molecule has 4 nitrogen and oxygen atoms in total. The van der Waals surface area contributed by atoms with E-state index in [4.69, 9.17) is 28.7 Å². The zero-order valence-electron chi connectivity index (χ0n) is 6.54. The highest BCUT2D eigenvalue weighted by atomic mass is 127. The molecule has 7 heteroatoms. The number of azide groups is 1. The number of carbonyl (C=O) groups is 1. The summed E-state index contributed by atoms with van der Waals surface area (Å²) in [6.07, 6.45) is 0.